The summed E-state index contributed by atoms with van der Waals surface area (Å²) in [5.74, 6) is -1.22. The maximum Gasteiger partial charge on any atom is 0.386 e. The van der Waals surface area contributed by atoms with E-state index >= 15 is 0 Å². The Morgan fingerprint density at radius 2 is 1.82 bits per heavy atom. The van der Waals surface area contributed by atoms with Gasteiger partial charge in [0, 0.05) is 37.1 Å². The van der Waals surface area contributed by atoms with Crippen molar-refractivity contribution in [3.63, 3.8) is 0 Å². The molecule has 2 aromatic heterocycles. The van der Waals surface area contributed by atoms with Crippen molar-refractivity contribution in [3.8, 4) is 11.1 Å². The van der Waals surface area contributed by atoms with Gasteiger partial charge in [-0.05, 0) is 44.5 Å². The molecule has 0 radical (unpaired) electrons. The van der Waals surface area contributed by atoms with Gasteiger partial charge in [0.05, 0.1) is 18.8 Å². The molecule has 6 N–H and O–H groups in total. The average Bonchev–Trinajstić information content (AvgIpc) is 3.39. The molecule has 1 unspecified atom stereocenters. The van der Waals surface area contributed by atoms with E-state index in [0.717, 1.165) is 0 Å². The molecule has 0 bridgehead atoms. The van der Waals surface area contributed by atoms with Crippen LogP contribution in [0.15, 0.2) is 72.9 Å². The molecule has 0 saturated carbocycles. The molecule has 3 aromatic rings. The number of aromatic nitrogens is 3. The van der Waals surface area contributed by atoms with Gasteiger partial charge in [-0.25, -0.2) is 14.3 Å². The van der Waals surface area contributed by atoms with Gasteiger partial charge in [-0.15, -0.1) is 0 Å². The number of nitrogen functional groups attached to an aromatic ring is 1. The number of amides is 2. The third kappa shape index (κ3) is 13.3. The number of carbonyl (C=O) groups excluding carboxylic acids is 3. The molecule has 2 heterocycles. The van der Waals surface area contributed by atoms with Crippen molar-refractivity contribution in [2.75, 3.05) is 31.3 Å². The van der Waals surface area contributed by atoms with Crippen LogP contribution in [0.5, 0.6) is 0 Å². The largest absolute Gasteiger partial charge is 0.464 e. The van der Waals surface area contributed by atoms with Crippen molar-refractivity contribution in [1.29, 1.82) is 0 Å². The topological polar surface area (TPSA) is 173 Å². The number of fused-ring (bicyclic) bond motifs is 1. The summed E-state index contributed by atoms with van der Waals surface area (Å²) in [5, 5.41) is 21.6. The molecule has 0 spiro atoms. The Bertz CT molecular complexity index is 1480. The van der Waals surface area contributed by atoms with E-state index in [-0.39, 0.29) is 24.9 Å². The maximum absolute atomic E-state index is 13.0. The van der Waals surface area contributed by atoms with Crippen LogP contribution in [0.1, 0.15) is 38.1 Å². The number of hydrogen-bond acceptors (Lipinski definition) is 9. The summed E-state index contributed by atoms with van der Waals surface area (Å²) in [5.41, 5.74) is 9.37. The second-order valence-electron chi connectivity index (χ2n) is 8.95. The smallest absolute Gasteiger partial charge is 0.386 e. The number of nitrogens with one attached hydrogen (secondary N) is 3. The number of alkyl halides is 3. The molecule has 0 fully saturated rings. The fraction of sp³-hybridized carbons (Fsp3) is 0.300. The van der Waals surface area contributed by atoms with E-state index in [9.17, 15) is 32.7 Å². The molecule has 2 amide bonds. The van der Waals surface area contributed by atoms with Gasteiger partial charge in [0.25, 0.3) is 5.91 Å². The van der Waals surface area contributed by atoms with Crippen LogP contribution >= 0.6 is 0 Å². The minimum atomic E-state index is -4.00. The number of ether oxygens (including phenoxy) is 1. The Morgan fingerprint density at radius 3 is 2.36 bits per heavy atom. The van der Waals surface area contributed by atoms with E-state index in [1.165, 1.54) is 22.7 Å². The fourth-order valence-electron chi connectivity index (χ4n) is 3.42. The van der Waals surface area contributed by atoms with Crippen molar-refractivity contribution < 1.29 is 37.4 Å². The summed E-state index contributed by atoms with van der Waals surface area (Å²) in [4.78, 5) is 39.5. The molecule has 45 heavy (non-hydrogen) atoms. The first-order valence-corrected chi connectivity index (χ1v) is 13.5. The Labute approximate surface area is 258 Å². The Balaban J connectivity index is 0.000000560. The van der Waals surface area contributed by atoms with Crippen molar-refractivity contribution in [2.24, 2.45) is 0 Å². The van der Waals surface area contributed by atoms with Gasteiger partial charge in [0.2, 0.25) is 6.41 Å². The van der Waals surface area contributed by atoms with Crippen LogP contribution in [0.3, 0.4) is 0 Å². The van der Waals surface area contributed by atoms with Gasteiger partial charge in [-0.1, -0.05) is 36.4 Å². The Kier molecular flexibility index (Phi) is 16.1. The molecule has 15 heteroatoms. The Hall–Kier alpha value is -5.18. The molecule has 1 atom stereocenters. The van der Waals surface area contributed by atoms with Crippen LogP contribution in [-0.2, 0) is 14.3 Å². The van der Waals surface area contributed by atoms with E-state index in [1.54, 1.807) is 31.2 Å². The third-order valence-corrected chi connectivity index (χ3v) is 5.46. The normalized spacial score (nSPS) is 12.1. The molecule has 0 aliphatic carbocycles. The summed E-state index contributed by atoms with van der Waals surface area (Å²) in [7, 11) is 1.91. The summed E-state index contributed by atoms with van der Waals surface area (Å²) in [6.07, 6.45) is 9.29. The number of aliphatic hydroxyl groups excluding tert-OH is 1. The number of anilines is 2. The zero-order valence-electron chi connectivity index (χ0n) is 25.6. The predicted octanol–water partition coefficient (Wildman–Crippen LogP) is 4.01. The minimum Gasteiger partial charge on any atom is -0.464 e. The maximum atomic E-state index is 13.0. The predicted molar refractivity (Wildman–Crippen MR) is 166 cm³/mol. The third-order valence-electron chi connectivity index (χ3n) is 5.46. The van der Waals surface area contributed by atoms with E-state index in [0.29, 0.717) is 28.7 Å². The standard InChI is InChI=1S/C19H20N6O5.C9H15N.C2H3F3/c1-2-30-19(29)14(8-26)24-18(28)13-7-25-16(17(20)21-9-23-25)15(13)11-3-5-12(6-4-11)22-10-27;1-4-5-6-7-8-9(2)10-3;1-2(3,4)5/h3-7,9-10,14,26H,2,8H2,1H3,(H,22,27)(H,24,28)(H2,20,21,23);4-8,10H,1-3H3;1H3/b;5-4-,7-6-,9-8+;. The van der Waals surface area contributed by atoms with Gasteiger partial charge in [0.1, 0.15) is 11.8 Å². The number of benzene rings is 1. The second kappa shape index (κ2) is 19.2. The van der Waals surface area contributed by atoms with Crippen molar-refractivity contribution in [2.45, 2.75) is 39.9 Å². The van der Waals surface area contributed by atoms with Crippen LogP contribution in [0.25, 0.3) is 16.6 Å². The second-order valence-corrected chi connectivity index (χ2v) is 8.95. The van der Waals surface area contributed by atoms with Gasteiger partial charge in [0.15, 0.2) is 11.9 Å². The first kappa shape index (κ1) is 37.8. The molecule has 244 valence electrons. The van der Waals surface area contributed by atoms with E-state index in [4.69, 9.17) is 10.5 Å². The van der Waals surface area contributed by atoms with Crippen molar-refractivity contribution >= 4 is 35.3 Å². The number of aliphatic hydroxyl groups is 1. The van der Waals surface area contributed by atoms with Crippen molar-refractivity contribution in [3.05, 3.63) is 78.4 Å². The first-order chi connectivity index (χ1) is 21.3. The van der Waals surface area contributed by atoms with E-state index in [2.05, 4.69) is 26.0 Å². The van der Waals surface area contributed by atoms with Crippen LogP contribution in [-0.4, -0.2) is 70.5 Å². The van der Waals surface area contributed by atoms with Crippen LogP contribution in [0, 0.1) is 0 Å². The SMILES string of the molecule is CC(F)(F)F.CCOC(=O)C(CO)NC(=O)c1cn2ncnc(N)c2c1-c1ccc(NC=O)cc1.C\C=C/C=C\C=C(/C)NC. The number of esters is 1. The lowest BCUT2D eigenvalue weighted by atomic mass is 10.0. The molecule has 0 aliphatic rings. The molecule has 0 aliphatic heterocycles. The highest BCUT2D eigenvalue weighted by Gasteiger charge is 2.26. The zero-order valence-corrected chi connectivity index (χ0v) is 25.6. The number of allylic oxidation sites excluding steroid dienone is 6. The molecule has 0 saturated heterocycles. The Morgan fingerprint density at radius 1 is 1.18 bits per heavy atom. The van der Waals surface area contributed by atoms with E-state index in [1.807, 2.05) is 51.3 Å². The number of nitrogens with zero attached hydrogens (tertiary/aromatic N) is 3. The lowest BCUT2D eigenvalue weighted by Gasteiger charge is -2.15. The monoisotopic (exact) mass is 633 g/mol. The highest BCUT2D eigenvalue weighted by atomic mass is 19.4. The number of halogens is 3. The van der Waals surface area contributed by atoms with Gasteiger partial charge in [-0.3, -0.25) is 9.59 Å². The lowest BCUT2D eigenvalue weighted by molar-refractivity contribution is -0.146. The summed E-state index contributed by atoms with van der Waals surface area (Å²) >= 11 is 0. The number of hydrogen-bond donors (Lipinski definition) is 5. The van der Waals surface area contributed by atoms with Gasteiger partial charge < -0.3 is 31.5 Å². The van der Waals surface area contributed by atoms with Crippen LogP contribution in [0.2, 0.25) is 0 Å². The van der Waals surface area contributed by atoms with Gasteiger partial charge >= 0.3 is 12.1 Å². The fourth-order valence-corrected chi connectivity index (χ4v) is 3.42. The molecule has 3 rings (SSSR count). The van der Waals surface area contributed by atoms with Crippen molar-refractivity contribution in [1.82, 2.24) is 25.2 Å². The van der Waals surface area contributed by atoms with Crippen LogP contribution in [0.4, 0.5) is 24.7 Å². The molecular weight excluding hydrogens is 595 g/mol. The molecule has 12 nitrogen and oxygen atoms in total. The summed E-state index contributed by atoms with van der Waals surface area (Å²) < 4.78 is 37.3. The quantitative estimate of drug-likeness (QED) is 0.119. The lowest BCUT2D eigenvalue weighted by Crippen LogP contribution is -2.44. The van der Waals surface area contributed by atoms with Gasteiger partial charge in [-0.2, -0.15) is 18.3 Å². The number of carbonyl (C=O) groups is 3. The number of rotatable bonds is 11. The highest BCUT2D eigenvalue weighted by molar-refractivity contribution is 6.08. The van der Waals surface area contributed by atoms with E-state index < -0.39 is 30.7 Å². The number of nitrogens with two attached hydrogens (primary N) is 1. The molecule has 1 aromatic carbocycles. The molecular formula is C30H38F3N7O5. The summed E-state index contributed by atoms with van der Waals surface area (Å²) in [6, 6.07) is 5.47. The average molecular weight is 634 g/mol. The highest BCUT2D eigenvalue weighted by Crippen LogP contribution is 2.33. The minimum absolute atomic E-state index is 0.111. The summed E-state index contributed by atoms with van der Waals surface area (Å²) in [6.45, 7) is 5.32. The first-order valence-electron chi connectivity index (χ1n) is 13.5. The zero-order chi connectivity index (χ0) is 34.0. The van der Waals surface area contributed by atoms with Crippen LogP contribution < -0.4 is 21.7 Å².